The topological polar surface area (TPSA) is 41.5 Å². The van der Waals surface area contributed by atoms with Gasteiger partial charge in [0.15, 0.2) is 0 Å². The molecule has 4 heteroatoms. The normalized spacial score (nSPS) is 13.6. The number of carbonyl (C=O) groups excluding carboxylic acids is 1. The van der Waals surface area contributed by atoms with Crippen LogP contribution in [0.4, 0.5) is 5.69 Å². The molecule has 0 aliphatic carbocycles. The lowest BCUT2D eigenvalue weighted by Gasteiger charge is -2.15. The highest BCUT2D eigenvalue weighted by Crippen LogP contribution is 2.41. The molecule has 0 saturated carbocycles. The zero-order valence-electron chi connectivity index (χ0n) is 16.0. The molecule has 0 saturated heterocycles. The monoisotopic (exact) mass is 386 g/mol. The number of amides is 1. The van der Waals surface area contributed by atoms with E-state index in [0.29, 0.717) is 5.56 Å². The van der Waals surface area contributed by atoms with Gasteiger partial charge >= 0.3 is 0 Å². The van der Waals surface area contributed by atoms with Crippen molar-refractivity contribution in [3.8, 4) is 0 Å². The van der Waals surface area contributed by atoms with E-state index < -0.39 is 0 Å². The molecular weight excluding hydrogens is 364 g/mol. The molecule has 1 heterocycles. The Labute approximate surface area is 169 Å². The Kier molecular flexibility index (Phi) is 5.31. The van der Waals surface area contributed by atoms with E-state index >= 15 is 0 Å². The lowest BCUT2D eigenvalue weighted by atomic mass is 10.1. The molecular formula is C24H22N2OS. The molecule has 0 bridgehead atoms. The van der Waals surface area contributed by atoms with Crippen LogP contribution in [-0.4, -0.2) is 11.6 Å². The molecule has 1 N–H and O–H groups in total. The van der Waals surface area contributed by atoms with Crippen molar-refractivity contribution in [1.29, 1.82) is 0 Å². The van der Waals surface area contributed by atoms with Crippen LogP contribution < -0.4 is 5.32 Å². The van der Waals surface area contributed by atoms with E-state index in [4.69, 9.17) is 4.99 Å². The van der Waals surface area contributed by atoms with Gasteiger partial charge in [0.2, 0.25) is 0 Å². The van der Waals surface area contributed by atoms with Crippen LogP contribution in [0.25, 0.3) is 0 Å². The number of benzene rings is 3. The smallest absolute Gasteiger partial charge is 0.251 e. The maximum Gasteiger partial charge on any atom is 0.251 e. The van der Waals surface area contributed by atoms with E-state index in [1.807, 2.05) is 61.5 Å². The standard InChI is InChI=1S/C24H22N2OS/c1-3-20-19-11-7-8-12-22(19)28-23-14-13-18(15-21(23)26-20)24(27)25-16(2)17-9-5-4-6-10-17/h4-16H,3H2,1-2H3,(H,25,27)/t16-/m0/s1. The summed E-state index contributed by atoms with van der Waals surface area (Å²) in [5, 5.41) is 3.08. The number of hydrogen-bond acceptors (Lipinski definition) is 3. The van der Waals surface area contributed by atoms with Gasteiger partial charge in [0, 0.05) is 26.6 Å². The van der Waals surface area contributed by atoms with Crippen molar-refractivity contribution < 1.29 is 4.79 Å². The number of carbonyl (C=O) groups is 1. The summed E-state index contributed by atoms with van der Waals surface area (Å²) >= 11 is 1.71. The van der Waals surface area contributed by atoms with Crippen LogP contribution >= 0.6 is 11.8 Å². The fourth-order valence-electron chi connectivity index (χ4n) is 3.32. The average molecular weight is 387 g/mol. The molecule has 0 radical (unpaired) electrons. The molecule has 1 aliphatic rings. The molecule has 1 aliphatic heterocycles. The van der Waals surface area contributed by atoms with Crippen LogP contribution in [0, 0.1) is 0 Å². The summed E-state index contributed by atoms with van der Waals surface area (Å²) in [6, 6.07) is 24.1. The predicted octanol–water partition coefficient (Wildman–Crippen LogP) is 6.17. The highest BCUT2D eigenvalue weighted by Gasteiger charge is 2.18. The van der Waals surface area contributed by atoms with Crippen molar-refractivity contribution >= 4 is 29.1 Å². The van der Waals surface area contributed by atoms with E-state index in [-0.39, 0.29) is 11.9 Å². The van der Waals surface area contributed by atoms with Gasteiger partial charge < -0.3 is 5.32 Å². The maximum atomic E-state index is 12.8. The minimum absolute atomic E-state index is 0.0548. The first-order valence-electron chi connectivity index (χ1n) is 9.50. The number of nitrogens with one attached hydrogen (secondary N) is 1. The van der Waals surface area contributed by atoms with E-state index in [0.717, 1.165) is 28.3 Å². The summed E-state index contributed by atoms with van der Waals surface area (Å²) in [5.74, 6) is -0.0841. The first-order chi connectivity index (χ1) is 13.7. The Hall–Kier alpha value is -2.85. The minimum Gasteiger partial charge on any atom is -0.346 e. The van der Waals surface area contributed by atoms with Crippen LogP contribution in [0.3, 0.4) is 0 Å². The molecule has 0 unspecified atom stereocenters. The molecule has 0 aromatic heterocycles. The SMILES string of the molecule is CCC1=Nc2cc(C(=O)N[C@@H](C)c3ccccc3)ccc2Sc2ccccc21. The molecule has 1 amide bonds. The first-order valence-corrected chi connectivity index (χ1v) is 10.3. The van der Waals surface area contributed by atoms with E-state index in [1.54, 1.807) is 11.8 Å². The van der Waals surface area contributed by atoms with Crippen LogP contribution in [0.1, 0.15) is 47.8 Å². The van der Waals surface area contributed by atoms with E-state index in [2.05, 4.69) is 30.4 Å². The lowest BCUT2D eigenvalue weighted by molar-refractivity contribution is 0.0940. The van der Waals surface area contributed by atoms with Crippen LogP contribution in [0.15, 0.2) is 87.6 Å². The summed E-state index contributed by atoms with van der Waals surface area (Å²) in [6.45, 7) is 4.11. The molecule has 3 aromatic carbocycles. The fourth-order valence-corrected chi connectivity index (χ4v) is 4.35. The van der Waals surface area contributed by atoms with Gasteiger partial charge in [-0.1, -0.05) is 67.2 Å². The molecule has 140 valence electrons. The minimum atomic E-state index is -0.0841. The number of rotatable bonds is 4. The van der Waals surface area contributed by atoms with Crippen LogP contribution in [-0.2, 0) is 0 Å². The van der Waals surface area contributed by atoms with Crippen molar-refractivity contribution in [2.45, 2.75) is 36.1 Å². The first kappa shape index (κ1) is 18.5. The molecule has 3 aromatic rings. The Morgan fingerprint density at radius 1 is 1.00 bits per heavy atom. The second-order valence-electron chi connectivity index (χ2n) is 6.80. The highest BCUT2D eigenvalue weighted by atomic mass is 32.2. The zero-order valence-corrected chi connectivity index (χ0v) is 16.8. The number of fused-ring (bicyclic) bond motifs is 2. The summed E-state index contributed by atoms with van der Waals surface area (Å²) in [6.07, 6.45) is 0.846. The van der Waals surface area contributed by atoms with Gasteiger partial charge in [0.05, 0.1) is 11.7 Å². The Morgan fingerprint density at radius 3 is 2.54 bits per heavy atom. The van der Waals surface area contributed by atoms with E-state index in [1.165, 1.54) is 10.5 Å². The second-order valence-corrected chi connectivity index (χ2v) is 7.88. The van der Waals surface area contributed by atoms with E-state index in [9.17, 15) is 4.79 Å². The quantitative estimate of drug-likeness (QED) is 0.582. The van der Waals surface area contributed by atoms with Gasteiger partial charge in [-0.3, -0.25) is 9.79 Å². The van der Waals surface area contributed by atoms with Gasteiger partial charge in [-0.05, 0) is 43.2 Å². The molecule has 28 heavy (non-hydrogen) atoms. The molecule has 0 spiro atoms. The van der Waals surface area contributed by atoms with Crippen LogP contribution in [0.2, 0.25) is 0 Å². The van der Waals surface area contributed by atoms with Gasteiger partial charge in [-0.15, -0.1) is 0 Å². The predicted molar refractivity (Wildman–Crippen MR) is 116 cm³/mol. The van der Waals surface area contributed by atoms with Crippen LogP contribution in [0.5, 0.6) is 0 Å². The third-order valence-corrected chi connectivity index (χ3v) is 6.02. The van der Waals surface area contributed by atoms with Crippen molar-refractivity contribution in [1.82, 2.24) is 5.32 Å². The third-order valence-electron chi connectivity index (χ3n) is 4.88. The Morgan fingerprint density at radius 2 is 1.75 bits per heavy atom. The summed E-state index contributed by atoms with van der Waals surface area (Å²) < 4.78 is 0. The lowest BCUT2D eigenvalue weighted by Crippen LogP contribution is -2.26. The number of nitrogens with zero attached hydrogens (tertiary/aromatic N) is 1. The van der Waals surface area contributed by atoms with Gasteiger partial charge in [0.1, 0.15) is 0 Å². The van der Waals surface area contributed by atoms with Gasteiger partial charge in [-0.25, -0.2) is 0 Å². The van der Waals surface area contributed by atoms with Crippen molar-refractivity contribution in [2.24, 2.45) is 4.99 Å². The molecule has 3 nitrogen and oxygen atoms in total. The summed E-state index contributed by atoms with van der Waals surface area (Å²) in [5.41, 5.74) is 4.81. The number of hydrogen-bond donors (Lipinski definition) is 1. The van der Waals surface area contributed by atoms with Gasteiger partial charge in [-0.2, -0.15) is 0 Å². The van der Waals surface area contributed by atoms with Crippen molar-refractivity contribution in [3.63, 3.8) is 0 Å². The Balaban J connectivity index is 1.63. The zero-order chi connectivity index (χ0) is 19.5. The average Bonchev–Trinajstić information content (AvgIpc) is 2.90. The molecule has 4 rings (SSSR count). The van der Waals surface area contributed by atoms with Gasteiger partial charge in [0.25, 0.3) is 5.91 Å². The summed E-state index contributed by atoms with van der Waals surface area (Å²) in [4.78, 5) is 20.0. The second kappa shape index (κ2) is 8.03. The number of aliphatic imine (C=N–C) groups is 1. The fraction of sp³-hybridized carbons (Fsp3) is 0.167. The molecule has 1 atom stereocenters. The Bertz CT molecular complexity index is 1040. The highest BCUT2D eigenvalue weighted by molar-refractivity contribution is 7.99. The van der Waals surface area contributed by atoms with Crippen molar-refractivity contribution in [3.05, 3.63) is 89.5 Å². The summed E-state index contributed by atoms with van der Waals surface area (Å²) in [7, 11) is 0. The third kappa shape index (κ3) is 3.73. The molecule has 0 fully saturated rings. The largest absolute Gasteiger partial charge is 0.346 e. The van der Waals surface area contributed by atoms with Crippen molar-refractivity contribution in [2.75, 3.05) is 0 Å². The maximum absolute atomic E-state index is 12.8.